The van der Waals surface area contributed by atoms with Gasteiger partial charge in [-0.25, -0.2) is 19.7 Å². The molecule has 1 saturated heterocycles. The molecule has 0 bridgehead atoms. The van der Waals surface area contributed by atoms with Crippen molar-refractivity contribution >= 4 is 30.4 Å². The maximum absolute atomic E-state index is 11.5. The molecule has 3 atom stereocenters. The molecule has 1 aliphatic heterocycles. The summed E-state index contributed by atoms with van der Waals surface area (Å²) in [6.07, 6.45) is 4.36. The molecule has 3 aromatic rings. The minimum atomic E-state index is -4.16. The highest BCUT2D eigenvalue weighted by Gasteiger charge is 2.26. The van der Waals surface area contributed by atoms with Crippen LogP contribution in [0.4, 0.5) is 11.6 Å². The first-order valence-electron chi connectivity index (χ1n) is 10.3. The second-order valence-electron chi connectivity index (χ2n) is 7.61. The van der Waals surface area contributed by atoms with Crippen LogP contribution in [0.1, 0.15) is 26.0 Å². The molecule has 0 aromatic carbocycles. The number of anilines is 2. The Balaban J connectivity index is 0.000000196. The van der Waals surface area contributed by atoms with Crippen LogP contribution in [0.15, 0.2) is 29.7 Å². The third-order valence-corrected chi connectivity index (χ3v) is 5.35. The van der Waals surface area contributed by atoms with Gasteiger partial charge in [-0.15, -0.1) is 0 Å². The van der Waals surface area contributed by atoms with Crippen molar-refractivity contribution in [3.8, 4) is 0 Å². The van der Waals surface area contributed by atoms with Gasteiger partial charge in [-0.3, -0.25) is 9.13 Å². The van der Waals surface area contributed by atoms with Gasteiger partial charge in [0.25, 0.3) is 0 Å². The number of ether oxygens (including phenoxy) is 2. The number of hydrogen-bond donors (Lipinski definition) is 5. The fourth-order valence-corrected chi connectivity index (χ4v) is 3.71. The minimum Gasteiger partial charge on any atom is -0.394 e. The molecule has 0 amide bonds. The molecule has 0 saturated carbocycles. The van der Waals surface area contributed by atoms with Crippen LogP contribution >= 0.6 is 7.60 Å². The average molecular weight is 498 g/mol. The Bertz CT molecular complexity index is 1210. The van der Waals surface area contributed by atoms with Gasteiger partial charge in [0.05, 0.1) is 31.7 Å². The lowest BCUT2D eigenvalue weighted by Crippen LogP contribution is -2.27. The van der Waals surface area contributed by atoms with E-state index in [-0.39, 0.29) is 30.6 Å². The Morgan fingerprint density at radius 3 is 2.71 bits per heavy atom. The summed E-state index contributed by atoms with van der Waals surface area (Å²) in [4.78, 5) is 44.5. The van der Waals surface area contributed by atoms with E-state index < -0.39 is 25.7 Å². The fraction of sp³-hybridized carbons (Fsp3) is 0.500. The first kappa shape index (κ1) is 25.7. The first-order chi connectivity index (χ1) is 16.1. The summed E-state index contributed by atoms with van der Waals surface area (Å²) in [6, 6.07) is 1.55. The van der Waals surface area contributed by atoms with Crippen LogP contribution in [0, 0.1) is 0 Å². The Kier molecular flexibility index (Phi) is 8.30. The Hall–Kier alpha value is -2.94. The molecular formula is C18H27N8O7P. The van der Waals surface area contributed by atoms with Crippen molar-refractivity contribution in [2.45, 2.75) is 44.7 Å². The lowest BCUT2D eigenvalue weighted by Gasteiger charge is -2.14. The molecule has 186 valence electrons. The van der Waals surface area contributed by atoms with E-state index in [9.17, 15) is 9.36 Å². The van der Waals surface area contributed by atoms with Gasteiger partial charge < -0.3 is 40.4 Å². The number of nitrogens with two attached hydrogens (primary N) is 2. The number of nitrogens with zero attached hydrogens (tertiary/aromatic N) is 6. The zero-order chi connectivity index (χ0) is 24.9. The molecule has 1 aliphatic rings. The van der Waals surface area contributed by atoms with Crippen molar-refractivity contribution < 1.29 is 28.9 Å². The van der Waals surface area contributed by atoms with Gasteiger partial charge in [-0.2, -0.15) is 4.98 Å². The molecule has 3 aromatic heterocycles. The van der Waals surface area contributed by atoms with Crippen LogP contribution in [0.2, 0.25) is 0 Å². The number of rotatable bonds is 7. The van der Waals surface area contributed by atoms with E-state index in [1.165, 1.54) is 17.2 Å². The highest BCUT2D eigenvalue weighted by Crippen LogP contribution is 2.34. The third-order valence-electron chi connectivity index (χ3n) is 4.86. The quantitative estimate of drug-likeness (QED) is 0.258. The van der Waals surface area contributed by atoms with Crippen LogP contribution in [0.25, 0.3) is 11.2 Å². The fourth-order valence-electron chi connectivity index (χ4n) is 3.26. The van der Waals surface area contributed by atoms with E-state index in [0.29, 0.717) is 24.1 Å². The predicted octanol–water partition coefficient (Wildman–Crippen LogP) is -0.556. The monoisotopic (exact) mass is 498 g/mol. The molecule has 1 fully saturated rings. The second-order valence-corrected chi connectivity index (χ2v) is 9.20. The van der Waals surface area contributed by atoms with E-state index >= 15 is 0 Å². The third kappa shape index (κ3) is 6.79. The Morgan fingerprint density at radius 1 is 1.29 bits per heavy atom. The molecule has 15 nitrogen and oxygen atoms in total. The standard InChI is InChI=1S/C9H14N5O4P.C9H13N3O3/c1-6(18-5-19(15,16)17)2-14-4-13-7-8(10)11-3-12-9(7)14;10-7-3-4-12(9(14)11-7)8-2-1-6(5-13)15-8/h3-4,6H,2,5H2,1H3,(H2,10,11,12)(H2,15,16,17);3-4,6,8,13H,1-2,5H2,(H2,10,11,14)/t6-;6-,8+/m10/s1. The number of hydrogen-bond acceptors (Lipinski definition) is 11. The van der Waals surface area contributed by atoms with Crippen LogP contribution in [0.5, 0.6) is 0 Å². The summed E-state index contributed by atoms with van der Waals surface area (Å²) < 4.78 is 24.3. The molecule has 16 heteroatoms. The molecule has 0 unspecified atom stereocenters. The zero-order valence-electron chi connectivity index (χ0n) is 18.3. The van der Waals surface area contributed by atoms with Crippen molar-refractivity contribution in [1.29, 1.82) is 0 Å². The number of aliphatic hydroxyl groups is 1. The lowest BCUT2D eigenvalue weighted by molar-refractivity contribution is -0.0245. The predicted molar refractivity (Wildman–Crippen MR) is 120 cm³/mol. The lowest BCUT2D eigenvalue weighted by atomic mass is 10.2. The number of imidazole rings is 1. The number of aliphatic hydroxyl groups excluding tert-OH is 1. The van der Waals surface area contributed by atoms with Gasteiger partial charge in [0, 0.05) is 6.20 Å². The minimum absolute atomic E-state index is 0.0202. The van der Waals surface area contributed by atoms with Crippen molar-refractivity contribution in [3.05, 3.63) is 35.4 Å². The van der Waals surface area contributed by atoms with Gasteiger partial charge in [-0.1, -0.05) is 0 Å². The molecule has 4 heterocycles. The van der Waals surface area contributed by atoms with E-state index in [1.54, 1.807) is 23.8 Å². The highest BCUT2D eigenvalue weighted by atomic mass is 31.2. The number of aromatic nitrogens is 6. The number of nitrogen functional groups attached to an aromatic ring is 2. The number of fused-ring (bicyclic) bond motifs is 1. The molecule has 0 radical (unpaired) electrons. The maximum atomic E-state index is 11.5. The second kappa shape index (κ2) is 11.0. The van der Waals surface area contributed by atoms with Crippen molar-refractivity contribution in [2.24, 2.45) is 0 Å². The van der Waals surface area contributed by atoms with E-state index in [2.05, 4.69) is 19.9 Å². The topological polar surface area (TPSA) is 227 Å². The van der Waals surface area contributed by atoms with E-state index in [4.69, 9.17) is 35.8 Å². The SMILES string of the molecule is C[C@H](Cn1cnc2c(N)ncnc21)OCP(=O)(O)O.Nc1ccn([C@H]2CC[C@@H](CO)O2)c(=O)n1. The van der Waals surface area contributed by atoms with Gasteiger partial charge in [0.2, 0.25) is 0 Å². The van der Waals surface area contributed by atoms with Gasteiger partial charge >= 0.3 is 13.3 Å². The van der Waals surface area contributed by atoms with Gasteiger partial charge in [-0.05, 0) is 25.8 Å². The van der Waals surface area contributed by atoms with Crippen LogP contribution < -0.4 is 17.2 Å². The van der Waals surface area contributed by atoms with Crippen LogP contribution in [0.3, 0.4) is 0 Å². The molecule has 7 N–H and O–H groups in total. The normalized spacial score (nSPS) is 19.1. The van der Waals surface area contributed by atoms with Crippen LogP contribution in [-0.4, -0.2) is 69.1 Å². The van der Waals surface area contributed by atoms with Gasteiger partial charge in [0.1, 0.15) is 30.2 Å². The van der Waals surface area contributed by atoms with E-state index in [1.807, 2.05) is 0 Å². The van der Waals surface area contributed by atoms with Crippen LogP contribution in [-0.2, 0) is 20.6 Å². The smallest absolute Gasteiger partial charge is 0.351 e. The first-order valence-corrected chi connectivity index (χ1v) is 12.1. The summed E-state index contributed by atoms with van der Waals surface area (Å²) in [7, 11) is -4.16. The molecule has 0 spiro atoms. The Labute approximate surface area is 193 Å². The summed E-state index contributed by atoms with van der Waals surface area (Å²) in [5.41, 5.74) is 11.7. The Morgan fingerprint density at radius 2 is 2.06 bits per heavy atom. The zero-order valence-corrected chi connectivity index (χ0v) is 19.2. The van der Waals surface area contributed by atoms with Crippen molar-refractivity contribution in [1.82, 2.24) is 29.1 Å². The van der Waals surface area contributed by atoms with Crippen molar-refractivity contribution in [2.75, 3.05) is 24.4 Å². The summed E-state index contributed by atoms with van der Waals surface area (Å²) in [5, 5.41) is 8.90. The summed E-state index contributed by atoms with van der Waals surface area (Å²) in [5.74, 6) is 0.487. The van der Waals surface area contributed by atoms with Crippen molar-refractivity contribution in [3.63, 3.8) is 0 Å². The average Bonchev–Trinajstić information content (AvgIpc) is 3.41. The summed E-state index contributed by atoms with van der Waals surface area (Å²) >= 11 is 0. The highest BCUT2D eigenvalue weighted by molar-refractivity contribution is 7.51. The molecule has 0 aliphatic carbocycles. The van der Waals surface area contributed by atoms with Gasteiger partial charge in [0.15, 0.2) is 11.5 Å². The summed E-state index contributed by atoms with van der Waals surface area (Å²) in [6.45, 7) is 2.03. The molecule has 34 heavy (non-hydrogen) atoms. The maximum Gasteiger partial charge on any atom is 0.351 e. The largest absolute Gasteiger partial charge is 0.394 e. The van der Waals surface area contributed by atoms with E-state index in [0.717, 1.165) is 6.42 Å². The molecule has 4 rings (SSSR count). The molecular weight excluding hydrogens is 471 g/mol.